The lowest BCUT2D eigenvalue weighted by Gasteiger charge is -2.21. The molecule has 0 amide bonds. The topological polar surface area (TPSA) is 72.9 Å². The maximum atomic E-state index is 12.5. The highest BCUT2D eigenvalue weighted by atomic mass is 32.2. The van der Waals surface area contributed by atoms with Crippen LogP contribution in [0.2, 0.25) is 0 Å². The summed E-state index contributed by atoms with van der Waals surface area (Å²) in [6.07, 6.45) is 2.48. The molecule has 3 aliphatic rings. The molecular weight excluding hydrogens is 294 g/mol. The number of esters is 1. The SMILES string of the molecule is CCOC(=O)[C@@H]1C[C@H]1CS(=O)(=O)N1CCC2(CCOC2)C1. The molecule has 2 saturated heterocycles. The first-order chi connectivity index (χ1) is 9.96. The number of sulfonamides is 1. The molecule has 0 aromatic carbocycles. The summed E-state index contributed by atoms with van der Waals surface area (Å²) in [6.45, 7) is 4.69. The van der Waals surface area contributed by atoms with Gasteiger partial charge < -0.3 is 9.47 Å². The molecule has 1 aliphatic carbocycles. The highest BCUT2D eigenvalue weighted by Crippen LogP contribution is 2.43. The van der Waals surface area contributed by atoms with Crippen LogP contribution in [0, 0.1) is 17.3 Å². The summed E-state index contributed by atoms with van der Waals surface area (Å²) < 4.78 is 36.9. The van der Waals surface area contributed by atoms with Gasteiger partial charge in [-0.25, -0.2) is 12.7 Å². The largest absolute Gasteiger partial charge is 0.466 e. The van der Waals surface area contributed by atoms with E-state index in [2.05, 4.69) is 0 Å². The second kappa shape index (κ2) is 5.52. The maximum Gasteiger partial charge on any atom is 0.309 e. The lowest BCUT2D eigenvalue weighted by atomic mass is 9.87. The van der Waals surface area contributed by atoms with Crippen molar-refractivity contribution >= 4 is 16.0 Å². The Labute approximate surface area is 125 Å². The van der Waals surface area contributed by atoms with Crippen molar-refractivity contribution in [2.45, 2.75) is 26.2 Å². The van der Waals surface area contributed by atoms with Crippen molar-refractivity contribution in [2.75, 3.05) is 38.7 Å². The number of rotatable bonds is 5. The number of carbonyl (C=O) groups excluding carboxylic acids is 1. The molecule has 120 valence electrons. The maximum absolute atomic E-state index is 12.5. The lowest BCUT2D eigenvalue weighted by molar-refractivity contribution is -0.144. The second-order valence-corrected chi connectivity index (χ2v) is 8.53. The predicted octanol–water partition coefficient (Wildman–Crippen LogP) is 0.628. The molecule has 3 fully saturated rings. The Bertz CT molecular complexity index is 511. The fraction of sp³-hybridized carbons (Fsp3) is 0.929. The number of carbonyl (C=O) groups is 1. The van der Waals surface area contributed by atoms with Crippen molar-refractivity contribution in [3.8, 4) is 0 Å². The van der Waals surface area contributed by atoms with Gasteiger partial charge in [0.25, 0.3) is 0 Å². The van der Waals surface area contributed by atoms with Gasteiger partial charge in [0, 0.05) is 25.1 Å². The van der Waals surface area contributed by atoms with Crippen molar-refractivity contribution in [3.05, 3.63) is 0 Å². The van der Waals surface area contributed by atoms with Gasteiger partial charge in [0.1, 0.15) is 0 Å². The van der Waals surface area contributed by atoms with Gasteiger partial charge in [-0.15, -0.1) is 0 Å². The smallest absolute Gasteiger partial charge is 0.309 e. The van der Waals surface area contributed by atoms with Crippen LogP contribution < -0.4 is 0 Å². The van der Waals surface area contributed by atoms with Crippen LogP contribution in [0.3, 0.4) is 0 Å². The molecule has 3 atom stereocenters. The summed E-state index contributed by atoms with van der Waals surface area (Å²) >= 11 is 0. The van der Waals surface area contributed by atoms with E-state index < -0.39 is 10.0 Å². The van der Waals surface area contributed by atoms with Gasteiger partial charge >= 0.3 is 5.97 Å². The third kappa shape index (κ3) is 3.10. The van der Waals surface area contributed by atoms with Crippen molar-refractivity contribution in [1.82, 2.24) is 4.31 Å². The molecule has 0 aromatic rings. The minimum Gasteiger partial charge on any atom is -0.466 e. The van der Waals surface area contributed by atoms with Crippen LogP contribution >= 0.6 is 0 Å². The van der Waals surface area contributed by atoms with Crippen LogP contribution in [0.5, 0.6) is 0 Å². The fourth-order valence-electron chi connectivity index (χ4n) is 3.45. The number of ether oxygens (including phenoxy) is 2. The molecule has 3 rings (SSSR count). The van der Waals surface area contributed by atoms with E-state index >= 15 is 0 Å². The Kier molecular flexibility index (Phi) is 4.00. The Morgan fingerprint density at radius 1 is 1.43 bits per heavy atom. The summed E-state index contributed by atoms with van der Waals surface area (Å²) in [5, 5.41) is 0. The number of nitrogens with zero attached hydrogens (tertiary/aromatic N) is 1. The minimum atomic E-state index is -3.27. The molecule has 0 radical (unpaired) electrons. The summed E-state index contributed by atoms with van der Waals surface area (Å²) in [5.41, 5.74) is 0.0389. The standard InChI is InChI=1S/C14H23NO5S/c1-2-20-13(16)12-7-11(12)8-21(17,18)15-5-3-14(9-15)4-6-19-10-14/h11-12H,2-10H2,1H3/t11-,12+,14?/m0/s1. The number of hydrogen-bond acceptors (Lipinski definition) is 5. The van der Waals surface area contributed by atoms with Gasteiger partial charge in [-0.3, -0.25) is 4.79 Å². The summed E-state index contributed by atoms with van der Waals surface area (Å²) in [5.74, 6) is -0.454. The van der Waals surface area contributed by atoms with Crippen LogP contribution in [-0.2, 0) is 24.3 Å². The summed E-state index contributed by atoms with van der Waals surface area (Å²) in [7, 11) is -3.27. The Hall–Kier alpha value is -0.660. The normalized spacial score (nSPS) is 36.2. The summed E-state index contributed by atoms with van der Waals surface area (Å²) in [6, 6.07) is 0. The van der Waals surface area contributed by atoms with Gasteiger partial charge in [-0.1, -0.05) is 0 Å². The molecule has 0 aromatic heterocycles. The van der Waals surface area contributed by atoms with Crippen molar-refractivity contribution < 1.29 is 22.7 Å². The highest BCUT2D eigenvalue weighted by molar-refractivity contribution is 7.89. The highest BCUT2D eigenvalue weighted by Gasteiger charge is 2.50. The van der Waals surface area contributed by atoms with E-state index in [1.165, 1.54) is 0 Å². The van der Waals surface area contributed by atoms with Crippen molar-refractivity contribution in [1.29, 1.82) is 0 Å². The molecule has 6 nitrogen and oxygen atoms in total. The molecule has 1 spiro atoms. The van der Waals surface area contributed by atoms with Gasteiger partial charge in [0.05, 0.1) is 24.9 Å². The quantitative estimate of drug-likeness (QED) is 0.695. The van der Waals surface area contributed by atoms with E-state index in [-0.39, 0.29) is 29.0 Å². The Morgan fingerprint density at radius 3 is 2.90 bits per heavy atom. The molecular formula is C14H23NO5S. The van der Waals surface area contributed by atoms with Gasteiger partial charge in [-0.2, -0.15) is 0 Å². The zero-order valence-electron chi connectivity index (χ0n) is 12.4. The third-order valence-corrected chi connectivity index (χ3v) is 6.87. The Balaban J connectivity index is 1.55. The van der Waals surface area contributed by atoms with Crippen molar-refractivity contribution in [2.24, 2.45) is 17.3 Å². The first kappa shape index (κ1) is 15.2. The molecule has 0 bridgehead atoms. The molecule has 2 aliphatic heterocycles. The van der Waals surface area contributed by atoms with Crippen molar-refractivity contribution in [3.63, 3.8) is 0 Å². The predicted molar refractivity (Wildman–Crippen MR) is 76.1 cm³/mol. The third-order valence-electron chi connectivity index (χ3n) is 4.92. The van der Waals surface area contributed by atoms with Crippen LogP contribution in [0.25, 0.3) is 0 Å². The Morgan fingerprint density at radius 2 is 2.24 bits per heavy atom. The molecule has 7 heteroatoms. The lowest BCUT2D eigenvalue weighted by Crippen LogP contribution is -2.34. The second-order valence-electron chi connectivity index (χ2n) is 6.52. The molecule has 0 N–H and O–H groups in total. The van der Waals surface area contributed by atoms with Gasteiger partial charge in [0.15, 0.2) is 0 Å². The monoisotopic (exact) mass is 317 g/mol. The van der Waals surface area contributed by atoms with Crippen LogP contribution in [0.15, 0.2) is 0 Å². The first-order valence-electron chi connectivity index (χ1n) is 7.68. The van der Waals surface area contributed by atoms with Gasteiger partial charge in [0.2, 0.25) is 10.0 Å². The van der Waals surface area contributed by atoms with Crippen LogP contribution in [0.4, 0.5) is 0 Å². The molecule has 2 heterocycles. The zero-order chi connectivity index (χ0) is 15.1. The van der Waals surface area contributed by atoms with E-state index in [1.54, 1.807) is 11.2 Å². The molecule has 1 saturated carbocycles. The van der Waals surface area contributed by atoms with E-state index in [1.807, 2.05) is 0 Å². The van der Waals surface area contributed by atoms with E-state index in [0.717, 1.165) is 19.4 Å². The summed E-state index contributed by atoms with van der Waals surface area (Å²) in [4.78, 5) is 11.6. The van der Waals surface area contributed by atoms with E-state index in [0.29, 0.717) is 32.7 Å². The van der Waals surface area contributed by atoms with E-state index in [9.17, 15) is 13.2 Å². The fourth-order valence-corrected chi connectivity index (χ4v) is 5.41. The average molecular weight is 317 g/mol. The molecule has 21 heavy (non-hydrogen) atoms. The molecule has 1 unspecified atom stereocenters. The van der Waals surface area contributed by atoms with Crippen LogP contribution in [-0.4, -0.2) is 57.4 Å². The van der Waals surface area contributed by atoms with E-state index in [4.69, 9.17) is 9.47 Å². The number of hydrogen-bond donors (Lipinski definition) is 0. The average Bonchev–Trinajstić information content (AvgIpc) is 2.88. The zero-order valence-corrected chi connectivity index (χ0v) is 13.2. The first-order valence-corrected chi connectivity index (χ1v) is 9.29. The van der Waals surface area contributed by atoms with Gasteiger partial charge in [-0.05, 0) is 32.1 Å². The van der Waals surface area contributed by atoms with Crippen LogP contribution in [0.1, 0.15) is 26.2 Å². The minimum absolute atomic E-state index is 0.0389.